The lowest BCUT2D eigenvalue weighted by molar-refractivity contribution is -0.146. The zero-order chi connectivity index (χ0) is 30.5. The molecule has 0 aliphatic heterocycles. The van der Waals surface area contributed by atoms with Crippen molar-refractivity contribution in [3.8, 4) is 0 Å². The van der Waals surface area contributed by atoms with Gasteiger partial charge < -0.3 is 9.47 Å². The molecule has 0 rings (SSSR count). The second kappa shape index (κ2) is 31.0. The minimum absolute atomic E-state index is 0.0595. The molecule has 0 aromatic heterocycles. The number of hydrogen-bond acceptors (Lipinski definition) is 5. The molecular formula is C33H60O5. The molecule has 0 saturated carbocycles. The molecule has 0 aliphatic rings. The first kappa shape index (κ1) is 42.8. The summed E-state index contributed by atoms with van der Waals surface area (Å²) in [6.45, 7) is 23.0. The number of esters is 1. The molecule has 0 radical (unpaired) electrons. The largest absolute Gasteiger partial charge is 0.469 e. The molecule has 0 saturated heterocycles. The highest BCUT2D eigenvalue weighted by Gasteiger charge is 2.18. The average Bonchev–Trinajstić information content (AvgIpc) is 2.89. The molecule has 0 spiro atoms. The minimum Gasteiger partial charge on any atom is -0.469 e. The lowest BCUT2D eigenvalue weighted by atomic mass is 9.91. The van der Waals surface area contributed by atoms with E-state index in [1.54, 1.807) is 33.3 Å². The van der Waals surface area contributed by atoms with Gasteiger partial charge in [-0.3, -0.25) is 14.4 Å². The molecule has 0 aromatic carbocycles. The van der Waals surface area contributed by atoms with E-state index < -0.39 is 0 Å². The van der Waals surface area contributed by atoms with Crippen LogP contribution < -0.4 is 0 Å². The van der Waals surface area contributed by atoms with E-state index in [0.717, 1.165) is 38.0 Å². The van der Waals surface area contributed by atoms with E-state index in [9.17, 15) is 14.4 Å². The Labute approximate surface area is 235 Å². The lowest BCUT2D eigenvalue weighted by Gasteiger charge is -2.16. The zero-order valence-corrected chi connectivity index (χ0v) is 26.7. The first-order valence-electron chi connectivity index (χ1n) is 14.1. The van der Waals surface area contributed by atoms with Gasteiger partial charge in [-0.05, 0) is 58.3 Å². The van der Waals surface area contributed by atoms with Gasteiger partial charge in [0.15, 0.2) is 11.6 Å². The first-order chi connectivity index (χ1) is 18.0. The van der Waals surface area contributed by atoms with Crippen molar-refractivity contribution >= 4 is 17.5 Å². The predicted molar refractivity (Wildman–Crippen MR) is 164 cm³/mol. The fourth-order valence-corrected chi connectivity index (χ4v) is 3.50. The summed E-state index contributed by atoms with van der Waals surface area (Å²) in [5.74, 6) is 1.24. The summed E-state index contributed by atoms with van der Waals surface area (Å²) in [6, 6.07) is 0. The maximum absolute atomic E-state index is 11.4. The molecular weight excluding hydrogens is 476 g/mol. The van der Waals surface area contributed by atoms with Gasteiger partial charge in [0.1, 0.15) is 0 Å². The molecule has 0 bridgehead atoms. The topological polar surface area (TPSA) is 69.7 Å². The fourth-order valence-electron chi connectivity index (χ4n) is 3.50. The summed E-state index contributed by atoms with van der Waals surface area (Å²) in [4.78, 5) is 33.7. The van der Waals surface area contributed by atoms with Crippen LogP contribution in [0.2, 0.25) is 0 Å². The molecule has 5 nitrogen and oxygen atoms in total. The summed E-state index contributed by atoms with van der Waals surface area (Å²) in [5, 5.41) is 0. The molecule has 38 heavy (non-hydrogen) atoms. The first-order valence-corrected chi connectivity index (χ1v) is 14.1. The van der Waals surface area contributed by atoms with Crippen LogP contribution in [0.1, 0.15) is 107 Å². The van der Waals surface area contributed by atoms with Gasteiger partial charge in [-0.25, -0.2) is 0 Å². The maximum atomic E-state index is 11.4. The second-order valence-electron chi connectivity index (χ2n) is 9.34. The van der Waals surface area contributed by atoms with Crippen molar-refractivity contribution in [1.29, 1.82) is 0 Å². The second-order valence-corrected chi connectivity index (χ2v) is 9.34. The maximum Gasteiger partial charge on any atom is 0.308 e. The van der Waals surface area contributed by atoms with E-state index in [2.05, 4.69) is 52.5 Å². The van der Waals surface area contributed by atoms with Crippen molar-refractivity contribution in [2.45, 2.75) is 107 Å². The van der Waals surface area contributed by atoms with Gasteiger partial charge in [-0.15, -0.1) is 6.58 Å². The normalized spacial score (nSPS) is 13.0. The van der Waals surface area contributed by atoms with E-state index in [4.69, 9.17) is 4.74 Å². The van der Waals surface area contributed by atoms with Crippen molar-refractivity contribution in [1.82, 2.24) is 0 Å². The Morgan fingerprint density at radius 1 is 0.789 bits per heavy atom. The lowest BCUT2D eigenvalue weighted by Crippen LogP contribution is -2.17. The Balaban J connectivity index is -0.000000228. The van der Waals surface area contributed by atoms with Crippen LogP contribution in [0, 0.1) is 17.8 Å². The van der Waals surface area contributed by atoms with Gasteiger partial charge in [0.25, 0.3) is 0 Å². The average molecular weight is 537 g/mol. The van der Waals surface area contributed by atoms with Gasteiger partial charge >= 0.3 is 5.97 Å². The summed E-state index contributed by atoms with van der Waals surface area (Å²) in [7, 11) is 4.72. The number of hydrogen-bond donors (Lipinski definition) is 0. The van der Waals surface area contributed by atoms with E-state index in [1.165, 1.54) is 46.3 Å². The highest BCUT2D eigenvalue weighted by molar-refractivity contribution is 6.08. The molecule has 0 heterocycles. The van der Waals surface area contributed by atoms with Crippen molar-refractivity contribution < 1.29 is 23.9 Å². The third kappa shape index (κ3) is 25.4. The van der Waals surface area contributed by atoms with Crippen LogP contribution in [0.5, 0.6) is 0 Å². The monoisotopic (exact) mass is 536 g/mol. The molecule has 3 unspecified atom stereocenters. The molecule has 0 amide bonds. The SMILES string of the molecule is C=C/C(C(C)=O)=C(\C=C/C)C(C)=O.C=CC(CC)CCC(CCC)C(=O)OC.CCCC(C)CC.COC. The molecule has 0 aromatic rings. The number of rotatable bonds is 15. The van der Waals surface area contributed by atoms with Gasteiger partial charge in [0.05, 0.1) is 13.0 Å². The van der Waals surface area contributed by atoms with E-state index in [-0.39, 0.29) is 23.5 Å². The predicted octanol–water partition coefficient (Wildman–Crippen LogP) is 8.89. The standard InChI is InChI=1S/C13H24O2.C11H14O2.C7H16.C2H6O/c1-5-8-12(13(14)15-4)10-9-11(6-2)7-3;1-5-7-11(9(4)13)10(6-2)8(3)12;1-4-6-7(3)5-2;1-3-2/h6,11-12H,2,5,7-10H2,1,3-4H3;5-7H,2H2,1,3-4H3;7H,4-6H2,1-3H3;1-2H3/b;7-5-,11-10-;;. The van der Waals surface area contributed by atoms with Gasteiger partial charge in [-0.2, -0.15) is 0 Å². The smallest absolute Gasteiger partial charge is 0.308 e. The fraction of sp³-hybridized carbons (Fsp3) is 0.667. The molecule has 5 heteroatoms. The van der Waals surface area contributed by atoms with E-state index >= 15 is 0 Å². The van der Waals surface area contributed by atoms with E-state index in [1.807, 2.05) is 6.08 Å². The third-order valence-electron chi connectivity index (χ3n) is 5.98. The summed E-state index contributed by atoms with van der Waals surface area (Å²) < 4.78 is 9.05. The van der Waals surface area contributed by atoms with Crippen molar-refractivity contribution in [3.63, 3.8) is 0 Å². The quantitative estimate of drug-likeness (QED) is 0.0904. The third-order valence-corrected chi connectivity index (χ3v) is 5.98. The Hall–Kier alpha value is -2.27. The molecule has 0 N–H and O–H groups in total. The number of ether oxygens (including phenoxy) is 2. The minimum atomic E-state index is -0.140. The number of ketones is 2. The molecule has 222 valence electrons. The Kier molecular flexibility index (Phi) is 34.9. The van der Waals surface area contributed by atoms with E-state index in [0.29, 0.717) is 17.1 Å². The highest BCUT2D eigenvalue weighted by atomic mass is 16.5. The number of Topliss-reactive ketones (excluding diaryl/α,β-unsaturated/α-hetero) is 2. The van der Waals surface area contributed by atoms with Gasteiger partial charge in [-0.1, -0.05) is 91.2 Å². The summed E-state index contributed by atoms with van der Waals surface area (Å²) in [6.07, 6.45) is 15.9. The zero-order valence-electron chi connectivity index (χ0n) is 26.7. The van der Waals surface area contributed by atoms with Crippen LogP contribution in [-0.4, -0.2) is 38.9 Å². The van der Waals surface area contributed by atoms with Crippen LogP contribution in [0.25, 0.3) is 0 Å². The van der Waals surface area contributed by atoms with Crippen molar-refractivity contribution in [3.05, 3.63) is 48.6 Å². The van der Waals surface area contributed by atoms with Crippen molar-refractivity contribution in [2.75, 3.05) is 21.3 Å². The Morgan fingerprint density at radius 3 is 1.55 bits per heavy atom. The number of allylic oxidation sites excluding steroid dienone is 6. The van der Waals surface area contributed by atoms with Crippen LogP contribution in [0.4, 0.5) is 0 Å². The summed E-state index contributed by atoms with van der Waals surface area (Å²) >= 11 is 0. The van der Waals surface area contributed by atoms with Crippen LogP contribution >= 0.6 is 0 Å². The Bertz CT molecular complexity index is 687. The molecule has 0 fully saturated rings. The molecule has 0 aliphatic carbocycles. The highest BCUT2D eigenvalue weighted by Crippen LogP contribution is 2.21. The number of methoxy groups -OCH3 is 2. The summed E-state index contributed by atoms with van der Waals surface area (Å²) in [5.41, 5.74) is 0.801. The van der Waals surface area contributed by atoms with Crippen LogP contribution in [0.3, 0.4) is 0 Å². The Morgan fingerprint density at radius 2 is 1.29 bits per heavy atom. The van der Waals surface area contributed by atoms with Gasteiger partial charge in [0, 0.05) is 25.4 Å². The number of carbonyl (C=O) groups excluding carboxylic acids is 3. The van der Waals surface area contributed by atoms with Crippen LogP contribution in [0.15, 0.2) is 48.6 Å². The number of carbonyl (C=O) groups is 3. The van der Waals surface area contributed by atoms with Crippen molar-refractivity contribution in [2.24, 2.45) is 17.8 Å². The molecule has 3 atom stereocenters. The van der Waals surface area contributed by atoms with Gasteiger partial charge in [0.2, 0.25) is 0 Å². The van der Waals surface area contributed by atoms with Crippen LogP contribution in [-0.2, 0) is 23.9 Å².